The fourth-order valence-corrected chi connectivity index (χ4v) is 1.49. The number of nitrogens with two attached hydrogens (primary N) is 1. The van der Waals surface area contributed by atoms with Crippen molar-refractivity contribution in [1.82, 2.24) is 20.1 Å². The van der Waals surface area contributed by atoms with Crippen LogP contribution in [-0.4, -0.2) is 26.7 Å². The maximum Gasteiger partial charge on any atom is 0.239 e. The fourth-order valence-electron chi connectivity index (χ4n) is 1.15. The van der Waals surface area contributed by atoms with E-state index in [1.807, 2.05) is 0 Å². The minimum absolute atomic E-state index is 0.341. The highest BCUT2D eigenvalue weighted by molar-refractivity contribution is 9.10. The van der Waals surface area contributed by atoms with Crippen LogP contribution in [0, 0.1) is 0 Å². The Bertz CT molecular complexity index is 475. The van der Waals surface area contributed by atoms with E-state index in [0.29, 0.717) is 30.6 Å². The Morgan fingerprint density at radius 1 is 1.41 bits per heavy atom. The highest BCUT2D eigenvalue weighted by Crippen LogP contribution is 2.19. The van der Waals surface area contributed by atoms with Gasteiger partial charge in [0, 0.05) is 19.2 Å². The molecule has 0 radical (unpaired) electrons. The first-order chi connectivity index (χ1) is 8.29. The summed E-state index contributed by atoms with van der Waals surface area (Å²) in [6.07, 6.45) is 3.59. The molecule has 0 amide bonds. The van der Waals surface area contributed by atoms with Crippen LogP contribution in [0.4, 0.5) is 11.8 Å². The average Bonchev–Trinajstić information content (AvgIpc) is 2.84. The zero-order chi connectivity index (χ0) is 12.1. The third-order valence-corrected chi connectivity index (χ3v) is 2.49. The first kappa shape index (κ1) is 11.7. The summed E-state index contributed by atoms with van der Waals surface area (Å²) >= 11 is 3.33. The van der Waals surface area contributed by atoms with Gasteiger partial charge in [0.25, 0.3) is 0 Å². The van der Waals surface area contributed by atoms with Crippen LogP contribution >= 0.6 is 15.9 Å². The van der Waals surface area contributed by atoms with Gasteiger partial charge in [-0.15, -0.1) is 0 Å². The van der Waals surface area contributed by atoms with E-state index in [9.17, 15) is 0 Å². The molecule has 2 heterocycles. The van der Waals surface area contributed by atoms with Crippen LogP contribution in [0.3, 0.4) is 0 Å². The van der Waals surface area contributed by atoms with Gasteiger partial charge in [0.2, 0.25) is 11.8 Å². The van der Waals surface area contributed by atoms with Crippen LogP contribution in [0.1, 0.15) is 5.89 Å². The predicted molar refractivity (Wildman–Crippen MR) is 64.0 cm³/mol. The van der Waals surface area contributed by atoms with Gasteiger partial charge in [-0.2, -0.15) is 9.97 Å². The standard InChI is InChI=1S/C8H10BrN7O/c9-5-3-12-8(16-10)15-7(5)11-2-1-6-13-4-14-17-6/h3-4H,1-2,10H2,(H2,11,12,15,16). The maximum atomic E-state index is 5.22. The van der Waals surface area contributed by atoms with E-state index in [1.54, 1.807) is 6.20 Å². The lowest BCUT2D eigenvalue weighted by atomic mass is 10.4. The molecule has 0 saturated heterocycles. The number of anilines is 2. The number of nitrogens with one attached hydrogen (secondary N) is 2. The topological polar surface area (TPSA) is 115 Å². The highest BCUT2D eigenvalue weighted by Gasteiger charge is 2.05. The normalized spacial score (nSPS) is 10.2. The molecule has 2 aromatic rings. The van der Waals surface area contributed by atoms with Crippen LogP contribution in [0.5, 0.6) is 0 Å². The molecule has 0 spiro atoms. The average molecular weight is 300 g/mol. The summed E-state index contributed by atoms with van der Waals surface area (Å²) in [5, 5.41) is 6.62. The summed E-state index contributed by atoms with van der Waals surface area (Å²) in [4.78, 5) is 12.0. The number of hydrogen-bond acceptors (Lipinski definition) is 8. The summed E-state index contributed by atoms with van der Waals surface area (Å²) in [6, 6.07) is 0. The number of nitrogen functional groups attached to an aromatic ring is 1. The minimum atomic E-state index is 0.341. The van der Waals surface area contributed by atoms with Crippen molar-refractivity contribution in [2.75, 3.05) is 17.3 Å². The second kappa shape index (κ2) is 5.55. The number of rotatable bonds is 5. The minimum Gasteiger partial charge on any atom is -0.368 e. The molecule has 0 aromatic carbocycles. The molecule has 9 heteroatoms. The Labute approximate surface area is 105 Å². The van der Waals surface area contributed by atoms with Crippen molar-refractivity contribution in [3.63, 3.8) is 0 Å². The Morgan fingerprint density at radius 3 is 3.00 bits per heavy atom. The Morgan fingerprint density at radius 2 is 2.29 bits per heavy atom. The molecule has 0 aliphatic carbocycles. The van der Waals surface area contributed by atoms with E-state index < -0.39 is 0 Å². The molecule has 17 heavy (non-hydrogen) atoms. The molecule has 4 N–H and O–H groups in total. The zero-order valence-electron chi connectivity index (χ0n) is 8.72. The molecule has 0 aliphatic heterocycles. The van der Waals surface area contributed by atoms with E-state index in [2.05, 4.69) is 46.8 Å². The molecule has 2 aromatic heterocycles. The van der Waals surface area contributed by atoms with Gasteiger partial charge in [-0.3, -0.25) is 5.43 Å². The first-order valence-corrected chi connectivity index (χ1v) is 5.57. The Kier molecular flexibility index (Phi) is 3.83. The lowest BCUT2D eigenvalue weighted by molar-refractivity contribution is 0.379. The number of hydrogen-bond donors (Lipinski definition) is 3. The summed E-state index contributed by atoms with van der Waals surface area (Å²) in [5.74, 6) is 6.78. The van der Waals surface area contributed by atoms with Gasteiger partial charge in [0.1, 0.15) is 5.82 Å². The van der Waals surface area contributed by atoms with Gasteiger partial charge in [0.15, 0.2) is 6.33 Å². The summed E-state index contributed by atoms with van der Waals surface area (Å²) in [7, 11) is 0. The van der Waals surface area contributed by atoms with Crippen molar-refractivity contribution in [3.05, 3.63) is 22.9 Å². The quantitative estimate of drug-likeness (QED) is 0.542. The van der Waals surface area contributed by atoms with Crippen molar-refractivity contribution in [1.29, 1.82) is 0 Å². The largest absolute Gasteiger partial charge is 0.368 e. The lowest BCUT2D eigenvalue weighted by Crippen LogP contribution is -2.13. The van der Waals surface area contributed by atoms with Gasteiger partial charge < -0.3 is 9.84 Å². The third kappa shape index (κ3) is 3.11. The SMILES string of the molecule is NNc1ncc(Br)c(NCCc2ncno2)n1. The van der Waals surface area contributed by atoms with E-state index in [0.717, 1.165) is 4.47 Å². The lowest BCUT2D eigenvalue weighted by Gasteiger charge is -2.07. The van der Waals surface area contributed by atoms with Gasteiger partial charge in [-0.25, -0.2) is 10.8 Å². The smallest absolute Gasteiger partial charge is 0.239 e. The molecule has 0 atom stereocenters. The highest BCUT2D eigenvalue weighted by atomic mass is 79.9. The van der Waals surface area contributed by atoms with Gasteiger partial charge in [-0.05, 0) is 15.9 Å². The second-order valence-corrected chi connectivity index (χ2v) is 3.90. The maximum absolute atomic E-state index is 5.22. The van der Waals surface area contributed by atoms with Gasteiger partial charge >= 0.3 is 0 Å². The first-order valence-electron chi connectivity index (χ1n) is 4.78. The molecule has 0 saturated carbocycles. The predicted octanol–water partition coefficient (Wildman–Crippen LogP) is 0.562. The molecule has 2 rings (SSSR count). The molecular weight excluding hydrogens is 290 g/mol. The number of aromatic nitrogens is 4. The summed E-state index contributed by atoms with van der Waals surface area (Å²) < 4.78 is 5.62. The van der Waals surface area contributed by atoms with Crippen LogP contribution in [0.25, 0.3) is 0 Å². The van der Waals surface area contributed by atoms with Crippen LogP contribution < -0.4 is 16.6 Å². The zero-order valence-corrected chi connectivity index (χ0v) is 10.3. The van der Waals surface area contributed by atoms with Crippen molar-refractivity contribution >= 4 is 27.7 Å². The molecule has 0 aliphatic rings. The summed E-state index contributed by atoms with van der Waals surface area (Å²) in [6.45, 7) is 0.613. The van der Waals surface area contributed by atoms with Crippen molar-refractivity contribution in [3.8, 4) is 0 Å². The third-order valence-electron chi connectivity index (χ3n) is 1.91. The molecule has 90 valence electrons. The van der Waals surface area contributed by atoms with Gasteiger partial charge in [-0.1, -0.05) is 5.16 Å². The number of hydrazine groups is 1. The van der Waals surface area contributed by atoms with Gasteiger partial charge in [0.05, 0.1) is 4.47 Å². The van der Waals surface area contributed by atoms with Crippen molar-refractivity contribution < 1.29 is 4.52 Å². The number of halogens is 1. The number of nitrogens with zero attached hydrogens (tertiary/aromatic N) is 4. The Hall–Kier alpha value is -1.74. The van der Waals surface area contributed by atoms with Crippen LogP contribution in [0.15, 0.2) is 21.5 Å². The van der Waals surface area contributed by atoms with E-state index in [-0.39, 0.29) is 0 Å². The van der Waals surface area contributed by atoms with Crippen molar-refractivity contribution in [2.24, 2.45) is 5.84 Å². The van der Waals surface area contributed by atoms with E-state index >= 15 is 0 Å². The molecule has 0 bridgehead atoms. The van der Waals surface area contributed by atoms with E-state index in [1.165, 1.54) is 6.33 Å². The fraction of sp³-hybridized carbons (Fsp3) is 0.250. The molecule has 0 unspecified atom stereocenters. The monoisotopic (exact) mass is 299 g/mol. The van der Waals surface area contributed by atoms with E-state index in [4.69, 9.17) is 10.4 Å². The summed E-state index contributed by atoms with van der Waals surface area (Å²) in [5.41, 5.74) is 2.37. The molecular formula is C8H10BrN7O. The Balaban J connectivity index is 1.94. The second-order valence-electron chi connectivity index (χ2n) is 3.05. The molecule has 0 fully saturated rings. The van der Waals surface area contributed by atoms with Crippen LogP contribution in [0.2, 0.25) is 0 Å². The molecule has 8 nitrogen and oxygen atoms in total. The van der Waals surface area contributed by atoms with Crippen LogP contribution in [-0.2, 0) is 6.42 Å². The van der Waals surface area contributed by atoms with Crippen molar-refractivity contribution in [2.45, 2.75) is 6.42 Å².